The Hall–Kier alpha value is -1.08. The van der Waals surface area contributed by atoms with Gasteiger partial charge in [-0.05, 0) is 18.8 Å². The zero-order chi connectivity index (χ0) is 11.5. The van der Waals surface area contributed by atoms with E-state index < -0.39 is 17.5 Å². The first-order valence-electron chi connectivity index (χ1n) is 5.38. The Morgan fingerprint density at radius 2 is 2.40 bits per heavy atom. The van der Waals surface area contributed by atoms with E-state index in [4.69, 9.17) is 10.4 Å². The van der Waals surface area contributed by atoms with Crippen molar-refractivity contribution in [2.24, 2.45) is 11.3 Å². The van der Waals surface area contributed by atoms with Crippen molar-refractivity contribution in [3.05, 3.63) is 0 Å². The molecule has 1 saturated carbocycles. The van der Waals surface area contributed by atoms with Crippen LogP contribution in [0.15, 0.2) is 0 Å². The molecule has 0 spiro atoms. The summed E-state index contributed by atoms with van der Waals surface area (Å²) in [7, 11) is 0. The van der Waals surface area contributed by atoms with Gasteiger partial charge in [0.1, 0.15) is 0 Å². The van der Waals surface area contributed by atoms with Gasteiger partial charge in [-0.25, -0.2) is 4.79 Å². The highest BCUT2D eigenvalue weighted by molar-refractivity contribution is 5.73. The minimum absolute atomic E-state index is 0.368. The van der Waals surface area contributed by atoms with E-state index in [0.29, 0.717) is 18.8 Å². The Bertz CT molecular complexity index is 284. The minimum atomic E-state index is -1.54. The third kappa shape index (κ3) is 2.29. The Kier molecular flexibility index (Phi) is 3.70. The van der Waals surface area contributed by atoms with Crippen molar-refractivity contribution >= 4 is 5.97 Å². The van der Waals surface area contributed by atoms with E-state index in [9.17, 15) is 9.90 Å². The second kappa shape index (κ2) is 4.63. The first kappa shape index (κ1) is 12.0. The molecule has 4 heteroatoms. The summed E-state index contributed by atoms with van der Waals surface area (Å²) >= 11 is 0. The predicted octanol–water partition coefficient (Wildman–Crippen LogP) is 1.54. The van der Waals surface area contributed by atoms with Crippen LogP contribution in [0.1, 0.15) is 39.0 Å². The van der Waals surface area contributed by atoms with Crippen molar-refractivity contribution < 1.29 is 15.0 Å². The lowest BCUT2D eigenvalue weighted by Crippen LogP contribution is -2.43. The van der Waals surface area contributed by atoms with Gasteiger partial charge in [-0.3, -0.25) is 0 Å². The van der Waals surface area contributed by atoms with Crippen molar-refractivity contribution in [1.82, 2.24) is 0 Å². The fourth-order valence-corrected chi connectivity index (χ4v) is 2.42. The molecule has 1 aliphatic rings. The van der Waals surface area contributed by atoms with Gasteiger partial charge in [0, 0.05) is 0 Å². The number of aliphatic hydroxyl groups is 1. The first-order chi connectivity index (χ1) is 7.05. The minimum Gasteiger partial charge on any atom is -0.479 e. The molecule has 0 radical (unpaired) electrons. The summed E-state index contributed by atoms with van der Waals surface area (Å²) < 4.78 is 0. The lowest BCUT2D eigenvalue weighted by molar-refractivity contribution is -0.154. The third-order valence-electron chi connectivity index (χ3n) is 3.45. The monoisotopic (exact) mass is 211 g/mol. The molecule has 4 nitrogen and oxygen atoms in total. The number of aliphatic carboxylic acids is 1. The normalized spacial score (nSPS) is 33.0. The first-order valence-corrected chi connectivity index (χ1v) is 5.38. The molecule has 0 saturated heterocycles. The van der Waals surface area contributed by atoms with Crippen LogP contribution < -0.4 is 0 Å². The summed E-state index contributed by atoms with van der Waals surface area (Å²) in [5.41, 5.74) is -1.06. The second-order valence-corrected chi connectivity index (χ2v) is 4.38. The predicted molar refractivity (Wildman–Crippen MR) is 53.9 cm³/mol. The Morgan fingerprint density at radius 3 is 2.87 bits per heavy atom. The molecule has 0 heterocycles. The third-order valence-corrected chi connectivity index (χ3v) is 3.45. The summed E-state index contributed by atoms with van der Waals surface area (Å²) in [5, 5.41) is 27.5. The van der Waals surface area contributed by atoms with Crippen LogP contribution in [0.3, 0.4) is 0 Å². The van der Waals surface area contributed by atoms with Gasteiger partial charge in [0.15, 0.2) is 6.10 Å². The van der Waals surface area contributed by atoms with Crippen LogP contribution in [-0.2, 0) is 4.79 Å². The van der Waals surface area contributed by atoms with E-state index in [1.807, 2.05) is 13.0 Å². The summed E-state index contributed by atoms with van der Waals surface area (Å²) in [6.45, 7) is 2.03. The summed E-state index contributed by atoms with van der Waals surface area (Å²) in [4.78, 5) is 10.8. The van der Waals surface area contributed by atoms with Crippen LogP contribution in [0.25, 0.3) is 0 Å². The van der Waals surface area contributed by atoms with E-state index in [1.54, 1.807) is 0 Å². The maximum atomic E-state index is 10.8. The largest absolute Gasteiger partial charge is 0.479 e. The molecular formula is C11H17NO3. The average molecular weight is 211 g/mol. The molecule has 0 aliphatic heterocycles. The number of carboxylic acid groups (broad SMARTS) is 1. The Morgan fingerprint density at radius 1 is 1.73 bits per heavy atom. The molecule has 0 aromatic carbocycles. The molecule has 84 valence electrons. The molecule has 0 bridgehead atoms. The second-order valence-electron chi connectivity index (χ2n) is 4.38. The van der Waals surface area contributed by atoms with Crippen LogP contribution in [0, 0.1) is 22.7 Å². The van der Waals surface area contributed by atoms with Crippen LogP contribution in [0.2, 0.25) is 0 Å². The molecule has 1 fully saturated rings. The summed E-state index contributed by atoms with van der Waals surface area (Å²) in [6.07, 6.45) is 2.26. The fourth-order valence-electron chi connectivity index (χ4n) is 2.42. The maximum absolute atomic E-state index is 10.8. The van der Waals surface area contributed by atoms with E-state index in [0.717, 1.165) is 19.3 Å². The van der Waals surface area contributed by atoms with E-state index in [2.05, 4.69) is 0 Å². The lowest BCUT2D eigenvalue weighted by atomic mass is 9.67. The van der Waals surface area contributed by atoms with Gasteiger partial charge in [0.05, 0.1) is 11.5 Å². The molecule has 1 aliphatic carbocycles. The zero-order valence-corrected chi connectivity index (χ0v) is 8.94. The number of carbonyl (C=O) groups is 1. The topological polar surface area (TPSA) is 81.3 Å². The number of nitriles is 1. The molecule has 2 N–H and O–H groups in total. The summed E-state index contributed by atoms with van der Waals surface area (Å²) in [6, 6.07) is 2.03. The SMILES string of the molecule is CCC1CCCC(C#N)(C(O)C(=O)O)C1. The average Bonchev–Trinajstić information content (AvgIpc) is 2.27. The lowest BCUT2D eigenvalue weighted by Gasteiger charge is -2.37. The van der Waals surface area contributed by atoms with Crippen LogP contribution >= 0.6 is 0 Å². The van der Waals surface area contributed by atoms with Crippen molar-refractivity contribution in [3.8, 4) is 6.07 Å². The van der Waals surface area contributed by atoms with Gasteiger partial charge in [-0.1, -0.05) is 26.2 Å². The molecule has 3 unspecified atom stereocenters. The number of hydrogen-bond donors (Lipinski definition) is 2. The molecule has 15 heavy (non-hydrogen) atoms. The van der Waals surface area contributed by atoms with Crippen LogP contribution in [0.5, 0.6) is 0 Å². The van der Waals surface area contributed by atoms with Gasteiger partial charge < -0.3 is 10.2 Å². The van der Waals surface area contributed by atoms with E-state index in [-0.39, 0.29) is 0 Å². The summed E-state index contributed by atoms with van der Waals surface area (Å²) in [5.74, 6) is -0.916. The van der Waals surface area contributed by atoms with E-state index in [1.165, 1.54) is 0 Å². The molecular weight excluding hydrogens is 194 g/mol. The smallest absolute Gasteiger partial charge is 0.334 e. The van der Waals surface area contributed by atoms with Crippen LogP contribution in [0.4, 0.5) is 0 Å². The Labute approximate surface area is 89.5 Å². The molecule has 0 aromatic heterocycles. The van der Waals surface area contributed by atoms with Gasteiger partial charge in [-0.2, -0.15) is 5.26 Å². The van der Waals surface area contributed by atoms with Crippen LogP contribution in [-0.4, -0.2) is 22.3 Å². The fraction of sp³-hybridized carbons (Fsp3) is 0.818. The van der Waals surface area contributed by atoms with Gasteiger partial charge >= 0.3 is 5.97 Å². The van der Waals surface area contributed by atoms with E-state index >= 15 is 0 Å². The maximum Gasteiger partial charge on any atom is 0.334 e. The molecule has 1 rings (SSSR count). The number of carboxylic acids is 1. The zero-order valence-electron chi connectivity index (χ0n) is 8.94. The number of rotatable bonds is 3. The van der Waals surface area contributed by atoms with Crippen molar-refractivity contribution in [3.63, 3.8) is 0 Å². The number of aliphatic hydroxyl groups excluding tert-OH is 1. The molecule has 0 amide bonds. The number of hydrogen-bond acceptors (Lipinski definition) is 3. The standard InChI is InChI=1S/C11H17NO3/c1-2-8-4-3-5-11(6-8,7-12)9(13)10(14)15/h8-9,13H,2-6H2,1H3,(H,14,15). The highest BCUT2D eigenvalue weighted by Crippen LogP contribution is 2.42. The van der Waals surface area contributed by atoms with Gasteiger partial charge in [0.25, 0.3) is 0 Å². The quantitative estimate of drug-likeness (QED) is 0.742. The molecule has 0 aromatic rings. The Balaban J connectivity index is 2.85. The van der Waals surface area contributed by atoms with Gasteiger partial charge in [0.2, 0.25) is 0 Å². The highest BCUT2D eigenvalue weighted by Gasteiger charge is 2.45. The van der Waals surface area contributed by atoms with Gasteiger partial charge in [-0.15, -0.1) is 0 Å². The van der Waals surface area contributed by atoms with Crippen molar-refractivity contribution in [1.29, 1.82) is 5.26 Å². The van der Waals surface area contributed by atoms with Crippen molar-refractivity contribution in [2.75, 3.05) is 0 Å². The molecule has 3 atom stereocenters. The van der Waals surface area contributed by atoms with Crippen molar-refractivity contribution in [2.45, 2.75) is 45.1 Å². The highest BCUT2D eigenvalue weighted by atomic mass is 16.4. The number of nitrogens with zero attached hydrogens (tertiary/aromatic N) is 1.